The molecule has 4 N–H and O–H groups in total. The van der Waals surface area contributed by atoms with Gasteiger partial charge in [-0.05, 0) is 30.7 Å². The number of hydrogen-bond donors (Lipinski definition) is 4. The summed E-state index contributed by atoms with van der Waals surface area (Å²) in [5.41, 5.74) is 4.71. The minimum Gasteiger partial charge on any atom is -0.480 e. The summed E-state index contributed by atoms with van der Waals surface area (Å²) >= 11 is 5.96. The van der Waals surface area contributed by atoms with Crippen LogP contribution in [0.25, 0.3) is 22.2 Å². The van der Waals surface area contributed by atoms with Gasteiger partial charge in [0, 0.05) is 45.4 Å². The van der Waals surface area contributed by atoms with Gasteiger partial charge in [0.2, 0.25) is 5.91 Å². The zero-order valence-corrected chi connectivity index (χ0v) is 17.5. The molecule has 2 heterocycles. The summed E-state index contributed by atoms with van der Waals surface area (Å²) in [4.78, 5) is 27.7. The van der Waals surface area contributed by atoms with Crippen molar-refractivity contribution < 1.29 is 14.7 Å². The van der Waals surface area contributed by atoms with Crippen LogP contribution in [-0.2, 0) is 22.4 Å². The van der Waals surface area contributed by atoms with Crippen LogP contribution in [0.15, 0.2) is 54.7 Å². The van der Waals surface area contributed by atoms with Gasteiger partial charge < -0.3 is 15.4 Å². The van der Waals surface area contributed by atoms with E-state index in [4.69, 9.17) is 11.6 Å². The van der Waals surface area contributed by atoms with Gasteiger partial charge in [0.15, 0.2) is 0 Å². The number of carbonyl (C=O) groups is 2. The number of aliphatic carboxylic acids is 1. The van der Waals surface area contributed by atoms with E-state index in [-0.39, 0.29) is 18.7 Å². The number of carbonyl (C=O) groups excluding carboxylic acids is 1. The van der Waals surface area contributed by atoms with E-state index in [1.165, 1.54) is 0 Å². The van der Waals surface area contributed by atoms with Crippen molar-refractivity contribution in [2.24, 2.45) is 0 Å². The highest BCUT2D eigenvalue weighted by atomic mass is 35.5. The Bertz CT molecular complexity index is 1240. The van der Waals surface area contributed by atoms with Gasteiger partial charge in [-0.15, -0.1) is 0 Å². The number of hydrogen-bond acceptors (Lipinski definition) is 3. The molecule has 0 aliphatic rings. The molecule has 7 nitrogen and oxygen atoms in total. The van der Waals surface area contributed by atoms with E-state index >= 15 is 0 Å². The first-order valence-electron chi connectivity index (χ1n) is 9.79. The summed E-state index contributed by atoms with van der Waals surface area (Å²) < 4.78 is 0. The molecule has 0 fully saturated rings. The van der Waals surface area contributed by atoms with E-state index in [0.717, 1.165) is 33.3 Å². The third-order valence-electron chi connectivity index (χ3n) is 5.26. The Hall–Kier alpha value is -3.58. The van der Waals surface area contributed by atoms with Crippen LogP contribution in [0, 0.1) is 6.92 Å². The van der Waals surface area contributed by atoms with Gasteiger partial charge in [-0.1, -0.05) is 41.9 Å². The maximum atomic E-state index is 12.8. The Morgan fingerprint density at radius 1 is 1.16 bits per heavy atom. The molecule has 0 unspecified atom stereocenters. The summed E-state index contributed by atoms with van der Waals surface area (Å²) in [7, 11) is 0. The number of nitrogens with one attached hydrogen (secondary N) is 3. The van der Waals surface area contributed by atoms with Gasteiger partial charge in [0.25, 0.3) is 0 Å². The second-order valence-electron chi connectivity index (χ2n) is 7.38. The third-order valence-corrected chi connectivity index (χ3v) is 5.51. The van der Waals surface area contributed by atoms with Crippen molar-refractivity contribution in [3.8, 4) is 11.3 Å². The molecule has 2 aromatic heterocycles. The Kier molecular flexibility index (Phi) is 5.77. The van der Waals surface area contributed by atoms with Crippen molar-refractivity contribution >= 4 is 34.4 Å². The summed E-state index contributed by atoms with van der Waals surface area (Å²) in [5, 5.41) is 21.1. The molecule has 1 amide bonds. The largest absolute Gasteiger partial charge is 0.480 e. The van der Waals surface area contributed by atoms with Crippen LogP contribution in [-0.4, -0.2) is 38.2 Å². The van der Waals surface area contributed by atoms with Crippen LogP contribution >= 0.6 is 11.6 Å². The number of H-pyrrole nitrogens is 2. The van der Waals surface area contributed by atoms with Crippen molar-refractivity contribution in [3.63, 3.8) is 0 Å². The predicted octanol–water partition coefficient (Wildman–Crippen LogP) is 3.87. The van der Waals surface area contributed by atoms with Gasteiger partial charge in [0.05, 0.1) is 12.1 Å². The lowest BCUT2D eigenvalue weighted by Gasteiger charge is -2.14. The molecule has 0 saturated heterocycles. The minimum atomic E-state index is -1.08. The number of aryl methyl sites for hydroxylation is 1. The van der Waals surface area contributed by atoms with Crippen LogP contribution in [0.1, 0.15) is 16.8 Å². The quantitative estimate of drug-likeness (QED) is 0.352. The first-order valence-corrected chi connectivity index (χ1v) is 10.2. The van der Waals surface area contributed by atoms with Gasteiger partial charge in [-0.25, -0.2) is 4.79 Å². The Labute approximate surface area is 183 Å². The number of nitrogens with zero attached hydrogens (tertiary/aromatic N) is 1. The molecule has 0 spiro atoms. The summed E-state index contributed by atoms with van der Waals surface area (Å²) in [6, 6.07) is 13.8. The van der Waals surface area contributed by atoms with Gasteiger partial charge in [0.1, 0.15) is 6.04 Å². The van der Waals surface area contributed by atoms with Crippen LogP contribution in [0.3, 0.4) is 0 Å². The smallest absolute Gasteiger partial charge is 0.326 e. The standard InChI is InChI=1S/C23H21ClN4O3/c1-13-18(22(28-27-13)14-6-8-16(24)9-7-14)11-21(29)26-20(23(30)31)10-15-12-25-19-5-3-2-4-17(15)19/h2-9,12,20,25H,10-11H2,1H3,(H,26,29)(H,27,28)(H,30,31)/t20-/m0/s1. The highest BCUT2D eigenvalue weighted by Gasteiger charge is 2.23. The average Bonchev–Trinajstić information content (AvgIpc) is 3.32. The maximum Gasteiger partial charge on any atom is 0.326 e. The van der Waals surface area contributed by atoms with E-state index < -0.39 is 12.0 Å². The van der Waals surface area contributed by atoms with Crippen molar-refractivity contribution in [2.45, 2.75) is 25.8 Å². The van der Waals surface area contributed by atoms with E-state index in [1.54, 1.807) is 18.3 Å². The molecular weight excluding hydrogens is 416 g/mol. The van der Waals surface area contributed by atoms with E-state index in [9.17, 15) is 14.7 Å². The average molecular weight is 437 g/mol. The zero-order valence-electron chi connectivity index (χ0n) is 16.8. The Morgan fingerprint density at radius 2 is 1.90 bits per heavy atom. The second kappa shape index (κ2) is 8.65. The van der Waals surface area contributed by atoms with E-state index in [0.29, 0.717) is 10.7 Å². The highest BCUT2D eigenvalue weighted by molar-refractivity contribution is 6.30. The fraction of sp³-hybridized carbons (Fsp3) is 0.174. The number of amides is 1. The Morgan fingerprint density at radius 3 is 2.65 bits per heavy atom. The first kappa shape index (κ1) is 20.7. The molecule has 158 valence electrons. The highest BCUT2D eigenvalue weighted by Crippen LogP contribution is 2.26. The van der Waals surface area contributed by atoms with E-state index in [2.05, 4.69) is 20.5 Å². The van der Waals surface area contributed by atoms with Crippen molar-refractivity contribution in [1.29, 1.82) is 0 Å². The van der Waals surface area contributed by atoms with Gasteiger partial charge in [-0.3, -0.25) is 9.89 Å². The fourth-order valence-electron chi connectivity index (χ4n) is 3.64. The molecule has 1 atom stereocenters. The number of aromatic nitrogens is 3. The third kappa shape index (κ3) is 4.46. The number of carboxylic acids is 1. The minimum absolute atomic E-state index is 0.0119. The van der Waals surface area contributed by atoms with Gasteiger partial charge >= 0.3 is 5.97 Å². The number of para-hydroxylation sites is 1. The SMILES string of the molecule is Cc1[nH]nc(-c2ccc(Cl)cc2)c1CC(=O)N[C@@H](Cc1c[nH]c2ccccc12)C(=O)O. The molecule has 2 aromatic carbocycles. The summed E-state index contributed by atoms with van der Waals surface area (Å²) in [6.07, 6.45) is 1.98. The van der Waals surface area contributed by atoms with Crippen molar-refractivity contribution in [2.75, 3.05) is 0 Å². The lowest BCUT2D eigenvalue weighted by molar-refractivity contribution is -0.141. The topological polar surface area (TPSA) is 111 Å². The molecular formula is C23H21ClN4O3. The lowest BCUT2D eigenvalue weighted by Crippen LogP contribution is -2.43. The Balaban J connectivity index is 1.51. The number of carboxylic acid groups (broad SMARTS) is 1. The number of aromatic amines is 2. The molecule has 4 aromatic rings. The monoisotopic (exact) mass is 436 g/mol. The molecule has 0 radical (unpaired) electrons. The van der Waals surface area contributed by atoms with Crippen molar-refractivity contribution in [3.05, 3.63) is 76.6 Å². The molecule has 0 aliphatic heterocycles. The summed E-state index contributed by atoms with van der Waals surface area (Å²) in [5.74, 6) is -1.47. The predicted molar refractivity (Wildman–Crippen MR) is 119 cm³/mol. The number of fused-ring (bicyclic) bond motifs is 1. The molecule has 0 aliphatic carbocycles. The van der Waals surface area contributed by atoms with Crippen LogP contribution < -0.4 is 5.32 Å². The molecule has 4 rings (SSSR count). The van der Waals surface area contributed by atoms with Crippen LogP contribution in [0.2, 0.25) is 5.02 Å². The molecule has 0 saturated carbocycles. The molecule has 8 heteroatoms. The van der Waals surface area contributed by atoms with Gasteiger partial charge in [-0.2, -0.15) is 5.10 Å². The zero-order chi connectivity index (χ0) is 22.0. The van der Waals surface area contributed by atoms with Crippen LogP contribution in [0.5, 0.6) is 0 Å². The summed E-state index contributed by atoms with van der Waals surface area (Å²) in [6.45, 7) is 1.83. The fourth-order valence-corrected chi connectivity index (χ4v) is 3.77. The first-order chi connectivity index (χ1) is 14.9. The maximum absolute atomic E-state index is 12.8. The molecule has 31 heavy (non-hydrogen) atoms. The number of halogens is 1. The second-order valence-corrected chi connectivity index (χ2v) is 7.82. The lowest BCUT2D eigenvalue weighted by atomic mass is 10.0. The molecule has 0 bridgehead atoms. The van der Waals surface area contributed by atoms with Crippen LogP contribution in [0.4, 0.5) is 0 Å². The normalized spacial score (nSPS) is 12.1. The van der Waals surface area contributed by atoms with Crippen molar-refractivity contribution in [1.82, 2.24) is 20.5 Å². The number of rotatable bonds is 7. The van der Waals surface area contributed by atoms with E-state index in [1.807, 2.05) is 43.3 Å². The number of benzene rings is 2.